The summed E-state index contributed by atoms with van der Waals surface area (Å²) >= 11 is 0. The van der Waals surface area contributed by atoms with Gasteiger partial charge in [-0.25, -0.2) is 4.39 Å². The lowest BCUT2D eigenvalue weighted by Crippen LogP contribution is -2.63. The fraction of sp³-hybridized carbons (Fsp3) is 0.667. The first-order valence-corrected chi connectivity index (χ1v) is 10.8. The Balaban J connectivity index is 2.39. The molecule has 1 aliphatic heterocycles. The van der Waals surface area contributed by atoms with Crippen molar-refractivity contribution in [3.63, 3.8) is 0 Å². The number of pyridine rings is 1. The molecule has 1 fully saturated rings. The lowest BCUT2D eigenvalue weighted by molar-refractivity contribution is -0.162. The number of β-lactam (4-membered cyclic amide) rings is 1. The number of nitrogens with zero attached hydrogens (tertiary/aromatic N) is 2. The number of carbonyl (C=O) groups excluding carboxylic acids is 1. The molecular formula is C18H29FN2O2Si. The Hall–Kier alpha value is -1.27. The van der Waals surface area contributed by atoms with Gasteiger partial charge in [0.05, 0.1) is 0 Å². The highest BCUT2D eigenvalue weighted by Gasteiger charge is 2.55. The molecule has 24 heavy (non-hydrogen) atoms. The second kappa shape index (κ2) is 6.92. The van der Waals surface area contributed by atoms with Crippen LogP contribution in [0.2, 0.25) is 16.6 Å². The Morgan fingerprint density at radius 2 is 1.71 bits per heavy atom. The van der Waals surface area contributed by atoms with E-state index in [1.54, 1.807) is 19.3 Å². The molecule has 0 aliphatic carbocycles. The first-order valence-electron chi connectivity index (χ1n) is 8.69. The van der Waals surface area contributed by atoms with E-state index in [1.807, 2.05) is 0 Å². The van der Waals surface area contributed by atoms with Crippen LogP contribution in [0.4, 0.5) is 4.39 Å². The van der Waals surface area contributed by atoms with Gasteiger partial charge in [-0.3, -0.25) is 9.78 Å². The summed E-state index contributed by atoms with van der Waals surface area (Å²) in [6.45, 7) is 13.1. The third-order valence-electron chi connectivity index (χ3n) is 5.40. The van der Waals surface area contributed by atoms with Gasteiger partial charge in [-0.05, 0) is 28.8 Å². The summed E-state index contributed by atoms with van der Waals surface area (Å²) in [5.74, 6) is -0.467. The zero-order valence-corrected chi connectivity index (χ0v) is 16.7. The maximum absolute atomic E-state index is 14.2. The molecule has 1 saturated heterocycles. The summed E-state index contributed by atoms with van der Waals surface area (Å²) in [5, 5.41) is 0. The van der Waals surface area contributed by atoms with Crippen LogP contribution in [0.1, 0.15) is 53.3 Å². The van der Waals surface area contributed by atoms with Crippen LogP contribution in [-0.2, 0) is 9.22 Å². The predicted molar refractivity (Wildman–Crippen MR) is 95.6 cm³/mol. The lowest BCUT2D eigenvalue weighted by Gasteiger charge is -2.51. The Labute approximate surface area is 145 Å². The molecule has 0 unspecified atom stereocenters. The standard InChI is InChI=1S/C18H29FN2O2Si/c1-11(2)24(12(3)4,13(5)6)23-17-16(21(7)18(17)22)15-14(19)9-8-10-20-15/h8-13,16-17H,1-7H3/t16-,17-/m0/s1. The Morgan fingerprint density at radius 3 is 2.17 bits per heavy atom. The molecule has 2 rings (SSSR count). The van der Waals surface area contributed by atoms with Crippen molar-refractivity contribution in [2.75, 3.05) is 7.05 Å². The zero-order chi connectivity index (χ0) is 18.2. The summed E-state index contributed by atoms with van der Waals surface area (Å²) in [6, 6.07) is 2.50. The number of aromatic nitrogens is 1. The van der Waals surface area contributed by atoms with Gasteiger partial charge in [-0.15, -0.1) is 0 Å². The van der Waals surface area contributed by atoms with Gasteiger partial charge in [0.2, 0.25) is 8.32 Å². The number of hydrogen-bond acceptors (Lipinski definition) is 3. The average molecular weight is 353 g/mol. The molecule has 1 aliphatic rings. The fourth-order valence-electron chi connectivity index (χ4n) is 4.28. The van der Waals surface area contributed by atoms with Crippen molar-refractivity contribution < 1.29 is 13.6 Å². The number of likely N-dealkylation sites (tertiary alicyclic amines) is 1. The van der Waals surface area contributed by atoms with Crippen molar-refractivity contribution in [1.29, 1.82) is 0 Å². The smallest absolute Gasteiger partial charge is 0.253 e. The molecule has 4 nitrogen and oxygen atoms in total. The van der Waals surface area contributed by atoms with E-state index in [0.717, 1.165) is 0 Å². The molecule has 0 aromatic carbocycles. The van der Waals surface area contributed by atoms with E-state index in [4.69, 9.17) is 4.43 Å². The first-order chi connectivity index (χ1) is 11.1. The van der Waals surface area contributed by atoms with E-state index in [9.17, 15) is 9.18 Å². The second-order valence-corrected chi connectivity index (χ2v) is 13.0. The summed E-state index contributed by atoms with van der Waals surface area (Å²) < 4.78 is 20.8. The Kier molecular flexibility index (Phi) is 5.49. The van der Waals surface area contributed by atoms with E-state index in [0.29, 0.717) is 22.3 Å². The van der Waals surface area contributed by atoms with Crippen LogP contribution in [0.25, 0.3) is 0 Å². The van der Waals surface area contributed by atoms with Crippen molar-refractivity contribution in [3.8, 4) is 0 Å². The SMILES string of the molecule is CC(C)[Si](O[C@@H]1C(=O)N(C)[C@H]1c1ncccc1F)(C(C)C)C(C)C. The number of amides is 1. The monoisotopic (exact) mass is 352 g/mol. The van der Waals surface area contributed by atoms with Gasteiger partial charge >= 0.3 is 0 Å². The van der Waals surface area contributed by atoms with Gasteiger partial charge in [0, 0.05) is 13.2 Å². The topological polar surface area (TPSA) is 42.4 Å². The maximum Gasteiger partial charge on any atom is 0.253 e. The lowest BCUT2D eigenvalue weighted by atomic mass is 9.95. The number of rotatable bonds is 6. The van der Waals surface area contributed by atoms with Gasteiger partial charge in [0.1, 0.15) is 17.6 Å². The van der Waals surface area contributed by atoms with E-state index >= 15 is 0 Å². The summed E-state index contributed by atoms with van der Waals surface area (Å²) in [5.41, 5.74) is 1.39. The average Bonchev–Trinajstić information content (AvgIpc) is 2.50. The molecule has 1 aromatic heterocycles. The second-order valence-electron chi connectivity index (χ2n) is 7.62. The Bertz CT molecular complexity index is 585. The van der Waals surface area contributed by atoms with Crippen LogP contribution >= 0.6 is 0 Å². The summed E-state index contributed by atoms with van der Waals surface area (Å²) in [7, 11) is -0.537. The highest BCUT2D eigenvalue weighted by Crippen LogP contribution is 2.47. The van der Waals surface area contributed by atoms with Gasteiger partial charge in [-0.2, -0.15) is 0 Å². The zero-order valence-electron chi connectivity index (χ0n) is 15.7. The minimum absolute atomic E-state index is 0.0797. The van der Waals surface area contributed by atoms with Crippen LogP contribution in [0, 0.1) is 5.82 Å². The minimum atomic E-state index is -2.22. The van der Waals surface area contributed by atoms with E-state index in [1.165, 1.54) is 11.0 Å². The largest absolute Gasteiger partial charge is 0.402 e. The molecule has 0 N–H and O–H groups in total. The highest BCUT2D eigenvalue weighted by molar-refractivity contribution is 6.77. The van der Waals surface area contributed by atoms with Crippen molar-refractivity contribution in [3.05, 3.63) is 29.8 Å². The molecule has 1 aromatic rings. The van der Waals surface area contributed by atoms with Gasteiger partial charge < -0.3 is 9.33 Å². The van der Waals surface area contributed by atoms with Gasteiger partial charge in [-0.1, -0.05) is 41.5 Å². The Morgan fingerprint density at radius 1 is 1.17 bits per heavy atom. The first kappa shape index (κ1) is 19.1. The summed E-state index contributed by atoms with van der Waals surface area (Å²) in [6.07, 6.45) is 0.933. The number of carbonyl (C=O) groups is 1. The predicted octanol–water partition coefficient (Wildman–Crippen LogP) is 4.29. The number of likely N-dealkylation sites (N-methyl/N-ethyl adjacent to an activating group) is 1. The molecule has 2 heterocycles. The maximum atomic E-state index is 14.2. The molecule has 0 radical (unpaired) electrons. The van der Waals surface area contributed by atoms with E-state index in [-0.39, 0.29) is 11.7 Å². The van der Waals surface area contributed by atoms with Crippen LogP contribution in [0.3, 0.4) is 0 Å². The van der Waals surface area contributed by atoms with Crippen LogP contribution in [0.15, 0.2) is 18.3 Å². The van der Waals surface area contributed by atoms with Crippen molar-refractivity contribution in [2.24, 2.45) is 0 Å². The summed E-state index contributed by atoms with van der Waals surface area (Å²) in [4.78, 5) is 18.2. The van der Waals surface area contributed by atoms with Crippen LogP contribution in [0.5, 0.6) is 0 Å². The fourth-order valence-corrected chi connectivity index (χ4v) is 9.77. The molecule has 2 atom stereocenters. The van der Waals surface area contributed by atoms with Crippen molar-refractivity contribution in [1.82, 2.24) is 9.88 Å². The highest BCUT2D eigenvalue weighted by atomic mass is 28.4. The van der Waals surface area contributed by atoms with Crippen molar-refractivity contribution >= 4 is 14.2 Å². The molecule has 6 heteroatoms. The molecule has 1 amide bonds. The normalized spacial score (nSPS) is 21.8. The van der Waals surface area contributed by atoms with Crippen LogP contribution < -0.4 is 0 Å². The number of hydrogen-bond donors (Lipinski definition) is 0. The third-order valence-corrected chi connectivity index (χ3v) is 11.5. The van der Waals surface area contributed by atoms with E-state index in [2.05, 4.69) is 46.5 Å². The molecule has 134 valence electrons. The minimum Gasteiger partial charge on any atom is -0.402 e. The van der Waals surface area contributed by atoms with Crippen LogP contribution in [-0.4, -0.2) is 37.3 Å². The van der Waals surface area contributed by atoms with Gasteiger partial charge in [0.25, 0.3) is 5.91 Å². The molecular weight excluding hydrogens is 323 g/mol. The van der Waals surface area contributed by atoms with Crippen molar-refractivity contribution in [2.45, 2.75) is 70.3 Å². The van der Waals surface area contributed by atoms with E-state index < -0.39 is 20.5 Å². The molecule has 0 saturated carbocycles. The molecule has 0 spiro atoms. The quantitative estimate of drug-likeness (QED) is 0.566. The number of halogens is 1. The van der Waals surface area contributed by atoms with Gasteiger partial charge in [0.15, 0.2) is 6.10 Å². The third kappa shape index (κ3) is 2.90. The molecule has 0 bridgehead atoms.